The predicted octanol–water partition coefficient (Wildman–Crippen LogP) is 3.37. The quantitative estimate of drug-likeness (QED) is 0.214. The Morgan fingerprint density at radius 3 is 2.54 bits per heavy atom. The number of rotatable bonds is 10. The smallest absolute Gasteiger partial charge is 0.324 e. The molecule has 0 spiro atoms. The highest BCUT2D eigenvalue weighted by Gasteiger charge is 2.32. The van der Waals surface area contributed by atoms with E-state index < -0.39 is 0 Å². The van der Waals surface area contributed by atoms with Gasteiger partial charge in [-0.05, 0) is 62.4 Å². The van der Waals surface area contributed by atoms with E-state index in [0.29, 0.717) is 42.2 Å². The maximum atomic E-state index is 12.2. The molecular formula is C29H34N10O2. The third-order valence-corrected chi connectivity index (χ3v) is 6.75. The van der Waals surface area contributed by atoms with Crippen molar-refractivity contribution < 1.29 is 9.53 Å². The highest BCUT2D eigenvalue weighted by Crippen LogP contribution is 2.20. The second-order valence-electron chi connectivity index (χ2n) is 9.73. The van der Waals surface area contributed by atoms with E-state index in [4.69, 9.17) is 4.74 Å². The fourth-order valence-electron chi connectivity index (χ4n) is 4.62. The fraction of sp³-hybridized carbons (Fsp3) is 0.310. The molecular weight excluding hydrogens is 520 g/mol. The van der Waals surface area contributed by atoms with Crippen molar-refractivity contribution in [1.29, 1.82) is 0 Å². The number of ether oxygens (including phenoxy) is 1. The van der Waals surface area contributed by atoms with Crippen LogP contribution in [0.25, 0.3) is 11.5 Å². The van der Waals surface area contributed by atoms with Gasteiger partial charge in [0.05, 0.1) is 7.11 Å². The molecule has 0 saturated carbocycles. The Morgan fingerprint density at radius 2 is 1.76 bits per heavy atom. The van der Waals surface area contributed by atoms with Crippen molar-refractivity contribution >= 4 is 34.9 Å². The number of nitrogens with zero attached hydrogens (tertiary/aromatic N) is 6. The third kappa shape index (κ3) is 7.29. The summed E-state index contributed by atoms with van der Waals surface area (Å²) in [6.07, 6.45) is 3.36. The van der Waals surface area contributed by atoms with Crippen molar-refractivity contribution in [2.45, 2.75) is 25.9 Å². The van der Waals surface area contributed by atoms with E-state index in [1.807, 2.05) is 49.4 Å². The number of benzene rings is 1. The van der Waals surface area contributed by atoms with Gasteiger partial charge in [-0.1, -0.05) is 6.07 Å². The number of pyridine rings is 1. The van der Waals surface area contributed by atoms with Gasteiger partial charge >= 0.3 is 5.97 Å². The largest absolute Gasteiger partial charge is 0.468 e. The number of piperazine rings is 1. The van der Waals surface area contributed by atoms with Crippen LogP contribution in [0.2, 0.25) is 0 Å². The molecule has 12 nitrogen and oxygen atoms in total. The maximum absolute atomic E-state index is 12.2. The second-order valence-corrected chi connectivity index (χ2v) is 9.73. The Bertz CT molecular complexity index is 1470. The normalized spacial score (nSPS) is 16.0. The number of carbonyl (C=O) groups is 1. The number of aromatic nitrogens is 5. The molecule has 4 aromatic rings. The summed E-state index contributed by atoms with van der Waals surface area (Å²) >= 11 is 0. The summed E-state index contributed by atoms with van der Waals surface area (Å²) in [7, 11) is 1.43. The lowest BCUT2D eigenvalue weighted by Crippen LogP contribution is -2.59. The molecule has 1 aromatic carbocycles. The fourth-order valence-corrected chi connectivity index (χ4v) is 4.62. The Balaban J connectivity index is 1.17. The molecule has 212 valence electrons. The van der Waals surface area contributed by atoms with Crippen LogP contribution in [0.5, 0.6) is 0 Å². The van der Waals surface area contributed by atoms with E-state index in [-0.39, 0.29) is 18.1 Å². The molecule has 1 saturated heterocycles. The van der Waals surface area contributed by atoms with Crippen LogP contribution in [0.15, 0.2) is 67.0 Å². The molecule has 41 heavy (non-hydrogen) atoms. The summed E-state index contributed by atoms with van der Waals surface area (Å²) in [6, 6.07) is 17.1. The Labute approximate surface area is 239 Å². The van der Waals surface area contributed by atoms with Gasteiger partial charge in [0.15, 0.2) is 5.82 Å². The first-order chi connectivity index (χ1) is 20.0. The van der Waals surface area contributed by atoms with Crippen LogP contribution in [0.1, 0.15) is 12.6 Å². The first-order valence-electron chi connectivity index (χ1n) is 13.5. The summed E-state index contributed by atoms with van der Waals surface area (Å²) in [5, 5.41) is 13.2. The van der Waals surface area contributed by atoms with Gasteiger partial charge in [-0.2, -0.15) is 4.98 Å². The zero-order valence-electron chi connectivity index (χ0n) is 23.3. The van der Waals surface area contributed by atoms with Crippen LogP contribution in [-0.4, -0.2) is 81.2 Å². The van der Waals surface area contributed by atoms with Gasteiger partial charge in [0.2, 0.25) is 5.95 Å². The minimum Gasteiger partial charge on any atom is -0.468 e. The van der Waals surface area contributed by atoms with Crippen molar-refractivity contribution in [3.63, 3.8) is 0 Å². The molecule has 1 aliphatic rings. The number of esters is 1. The molecule has 4 heterocycles. The molecule has 4 N–H and O–H groups in total. The molecule has 0 bridgehead atoms. The first kappa shape index (κ1) is 27.9. The van der Waals surface area contributed by atoms with Gasteiger partial charge in [-0.3, -0.25) is 9.69 Å². The highest BCUT2D eigenvalue weighted by molar-refractivity contribution is 5.76. The summed E-state index contributed by atoms with van der Waals surface area (Å²) in [5.74, 6) is 1.97. The lowest BCUT2D eigenvalue weighted by atomic mass is 10.1. The highest BCUT2D eigenvalue weighted by atomic mass is 16.5. The first-order valence-corrected chi connectivity index (χ1v) is 13.5. The lowest BCUT2D eigenvalue weighted by molar-refractivity contribution is -0.148. The van der Waals surface area contributed by atoms with Crippen LogP contribution in [0.4, 0.5) is 29.0 Å². The van der Waals surface area contributed by atoms with E-state index in [1.54, 1.807) is 24.5 Å². The number of hydrogen-bond donors (Lipinski definition) is 4. The van der Waals surface area contributed by atoms with E-state index in [1.165, 1.54) is 7.11 Å². The van der Waals surface area contributed by atoms with E-state index in [9.17, 15) is 4.79 Å². The van der Waals surface area contributed by atoms with Crippen LogP contribution in [0.3, 0.4) is 0 Å². The molecule has 5 rings (SSSR count). The molecule has 0 radical (unpaired) electrons. The molecule has 2 unspecified atom stereocenters. The monoisotopic (exact) mass is 554 g/mol. The van der Waals surface area contributed by atoms with Gasteiger partial charge < -0.3 is 26.0 Å². The van der Waals surface area contributed by atoms with E-state index in [0.717, 1.165) is 30.2 Å². The summed E-state index contributed by atoms with van der Waals surface area (Å²) < 4.78 is 4.99. The minimum atomic E-state index is -0.274. The number of nitrogens with one attached hydrogen (secondary N) is 4. The zero-order valence-corrected chi connectivity index (χ0v) is 23.3. The van der Waals surface area contributed by atoms with E-state index >= 15 is 0 Å². The van der Waals surface area contributed by atoms with Gasteiger partial charge in [0.1, 0.15) is 23.4 Å². The van der Waals surface area contributed by atoms with Crippen LogP contribution in [0, 0.1) is 6.92 Å². The summed E-state index contributed by atoms with van der Waals surface area (Å²) in [6.45, 7) is 6.99. The standard InChI is InChI=1S/C29H34N10O2/c1-19-5-4-6-23(34-19)27-31-13-11-25(37-27)36-26-12-14-32-29(38-26)35-22-9-7-21(8-10-22)33-17-20(2)39-16-15-30-18-24(39)28(40)41-3/h4-14,20,24,30,33H,15-18H2,1-3H3,(H2,31,32,35,36,37,38). The third-order valence-electron chi connectivity index (χ3n) is 6.75. The molecule has 3 aromatic heterocycles. The summed E-state index contributed by atoms with van der Waals surface area (Å²) in [4.78, 5) is 36.7. The van der Waals surface area contributed by atoms with Crippen molar-refractivity contribution in [2.75, 3.05) is 49.2 Å². The van der Waals surface area contributed by atoms with Gasteiger partial charge in [0, 0.05) is 61.7 Å². The SMILES string of the molecule is COC(=O)C1CNCCN1C(C)CNc1ccc(Nc2nccc(Nc3ccnc(-c4cccc(C)n4)n3)n2)cc1. The van der Waals surface area contributed by atoms with E-state index in [2.05, 4.69) is 58.0 Å². The van der Waals surface area contributed by atoms with Crippen LogP contribution >= 0.6 is 0 Å². The van der Waals surface area contributed by atoms with Crippen molar-refractivity contribution in [3.8, 4) is 11.5 Å². The molecule has 1 fully saturated rings. The van der Waals surface area contributed by atoms with Gasteiger partial charge in [-0.15, -0.1) is 0 Å². The summed E-state index contributed by atoms with van der Waals surface area (Å²) in [5.41, 5.74) is 3.44. The second kappa shape index (κ2) is 13.1. The van der Waals surface area contributed by atoms with Crippen molar-refractivity contribution in [2.24, 2.45) is 0 Å². The Kier molecular flexibility index (Phi) is 8.92. The topological polar surface area (TPSA) is 142 Å². The molecule has 2 atom stereocenters. The lowest BCUT2D eigenvalue weighted by Gasteiger charge is -2.38. The Hall–Kier alpha value is -4.68. The number of methoxy groups -OCH3 is 1. The number of anilines is 5. The van der Waals surface area contributed by atoms with Crippen LogP contribution in [-0.2, 0) is 9.53 Å². The number of hydrogen-bond acceptors (Lipinski definition) is 12. The minimum absolute atomic E-state index is 0.154. The average molecular weight is 555 g/mol. The zero-order chi connectivity index (χ0) is 28.6. The molecule has 12 heteroatoms. The number of aryl methyl sites for hydroxylation is 1. The number of carbonyl (C=O) groups excluding carboxylic acids is 1. The molecule has 0 aliphatic carbocycles. The molecule has 0 amide bonds. The predicted molar refractivity (Wildman–Crippen MR) is 158 cm³/mol. The van der Waals surface area contributed by atoms with Gasteiger partial charge in [0.25, 0.3) is 0 Å². The van der Waals surface area contributed by atoms with Gasteiger partial charge in [-0.25, -0.2) is 19.9 Å². The molecule has 1 aliphatic heterocycles. The maximum Gasteiger partial charge on any atom is 0.324 e. The van der Waals surface area contributed by atoms with Crippen molar-refractivity contribution in [3.05, 3.63) is 72.7 Å². The Morgan fingerprint density at radius 1 is 1.00 bits per heavy atom. The van der Waals surface area contributed by atoms with Crippen LogP contribution < -0.4 is 21.3 Å². The van der Waals surface area contributed by atoms with Crippen molar-refractivity contribution in [1.82, 2.24) is 35.1 Å². The average Bonchev–Trinajstić information content (AvgIpc) is 3.00.